The average Bonchev–Trinajstić information content (AvgIpc) is 3.26. The van der Waals surface area contributed by atoms with Crippen molar-refractivity contribution >= 4 is 29.2 Å². The van der Waals surface area contributed by atoms with Gasteiger partial charge in [0.2, 0.25) is 0 Å². The second-order valence-electron chi connectivity index (χ2n) is 6.91. The van der Waals surface area contributed by atoms with E-state index in [9.17, 15) is 9.59 Å². The number of hydrogen-bond donors (Lipinski definition) is 2. The van der Waals surface area contributed by atoms with Crippen LogP contribution in [0, 0.1) is 0 Å². The van der Waals surface area contributed by atoms with Crippen LogP contribution >= 0.6 is 11.3 Å². The van der Waals surface area contributed by atoms with E-state index in [2.05, 4.69) is 10.6 Å². The van der Waals surface area contributed by atoms with Gasteiger partial charge in [-0.25, -0.2) is 0 Å². The Morgan fingerprint density at radius 3 is 2.48 bits per heavy atom. The molecule has 0 spiro atoms. The molecule has 1 fully saturated rings. The smallest absolute Gasteiger partial charge is 0.268 e. The quantitative estimate of drug-likeness (QED) is 0.672. The molecule has 2 aromatic rings. The molecule has 0 bridgehead atoms. The highest BCUT2D eigenvalue weighted by atomic mass is 32.1. The largest absolute Gasteiger partial charge is 0.493 e. The molecule has 1 aliphatic carbocycles. The molecule has 29 heavy (non-hydrogen) atoms. The molecule has 6 nitrogen and oxygen atoms in total. The van der Waals surface area contributed by atoms with E-state index in [1.165, 1.54) is 32.0 Å². The molecular formula is C22H26N2O4S. The minimum Gasteiger partial charge on any atom is -0.493 e. The second-order valence-corrected chi connectivity index (χ2v) is 7.88. The molecule has 0 aliphatic heterocycles. The Kier molecular flexibility index (Phi) is 7.30. The number of benzene rings is 1. The van der Waals surface area contributed by atoms with E-state index in [-0.39, 0.29) is 23.6 Å². The highest BCUT2D eigenvalue weighted by molar-refractivity contribution is 7.10. The van der Waals surface area contributed by atoms with Crippen molar-refractivity contribution in [3.05, 3.63) is 51.8 Å². The summed E-state index contributed by atoms with van der Waals surface area (Å²) in [6.45, 7) is 0. The van der Waals surface area contributed by atoms with Crippen LogP contribution in [0.1, 0.15) is 47.3 Å². The molecular weight excluding hydrogens is 388 g/mol. The van der Waals surface area contributed by atoms with Crippen LogP contribution in [0.3, 0.4) is 0 Å². The third-order valence-corrected chi connectivity index (χ3v) is 5.73. The number of hydrogen-bond acceptors (Lipinski definition) is 5. The fourth-order valence-corrected chi connectivity index (χ4v) is 4.01. The number of methoxy groups -OCH3 is 2. The minimum absolute atomic E-state index is 0.154. The lowest BCUT2D eigenvalue weighted by molar-refractivity contribution is -0.118. The molecule has 1 heterocycles. The Morgan fingerprint density at radius 2 is 1.83 bits per heavy atom. The normalized spacial score (nSPS) is 14.9. The molecule has 0 saturated heterocycles. The third kappa shape index (κ3) is 5.60. The topological polar surface area (TPSA) is 76.7 Å². The number of carbonyl (C=O) groups is 2. The summed E-state index contributed by atoms with van der Waals surface area (Å²) in [5.41, 5.74) is 0.614. The van der Waals surface area contributed by atoms with Crippen LogP contribution in [0.15, 0.2) is 41.4 Å². The Hall–Kier alpha value is -2.80. The van der Waals surface area contributed by atoms with Crippen LogP contribution in [0.4, 0.5) is 0 Å². The molecule has 1 saturated carbocycles. The van der Waals surface area contributed by atoms with E-state index in [1.807, 2.05) is 17.5 Å². The van der Waals surface area contributed by atoms with Crippen molar-refractivity contribution in [3.8, 4) is 11.5 Å². The maximum atomic E-state index is 12.9. The van der Waals surface area contributed by atoms with Crippen LogP contribution in [0.25, 0.3) is 6.08 Å². The van der Waals surface area contributed by atoms with E-state index in [1.54, 1.807) is 24.3 Å². The molecule has 0 radical (unpaired) electrons. The summed E-state index contributed by atoms with van der Waals surface area (Å²) in [7, 11) is 3.05. The van der Waals surface area contributed by atoms with E-state index >= 15 is 0 Å². The molecule has 154 valence electrons. The summed E-state index contributed by atoms with van der Waals surface area (Å²) in [5, 5.41) is 7.77. The maximum absolute atomic E-state index is 12.9. The fraction of sp³-hybridized carbons (Fsp3) is 0.364. The molecule has 3 rings (SSSR count). The molecule has 0 unspecified atom stereocenters. The molecule has 0 atom stereocenters. The zero-order chi connectivity index (χ0) is 20.6. The van der Waals surface area contributed by atoms with Crippen LogP contribution in [0.2, 0.25) is 0 Å². The number of rotatable bonds is 7. The van der Waals surface area contributed by atoms with Gasteiger partial charge in [0.25, 0.3) is 11.8 Å². The van der Waals surface area contributed by atoms with Crippen molar-refractivity contribution in [1.82, 2.24) is 10.6 Å². The van der Waals surface area contributed by atoms with Gasteiger partial charge in [0, 0.05) is 16.5 Å². The standard InChI is InChI=1S/C22H26N2O4S/c1-27-19-11-10-15(13-20(19)28-2)21(25)24-18(14-17-9-6-12-29-17)22(26)23-16-7-4-3-5-8-16/h6,9-14,16H,3-5,7-8H2,1-2H3,(H,23,26)(H,24,25)/b18-14-. The minimum atomic E-state index is -0.382. The van der Waals surface area contributed by atoms with Crippen LogP contribution in [-0.2, 0) is 4.79 Å². The number of carbonyl (C=O) groups excluding carboxylic acids is 2. The average molecular weight is 415 g/mol. The van der Waals surface area contributed by atoms with E-state index in [0.717, 1.165) is 30.6 Å². The van der Waals surface area contributed by atoms with Gasteiger partial charge in [0.1, 0.15) is 5.70 Å². The first kappa shape index (κ1) is 20.9. The molecule has 1 aromatic carbocycles. The van der Waals surface area contributed by atoms with Crippen molar-refractivity contribution in [2.45, 2.75) is 38.1 Å². The maximum Gasteiger partial charge on any atom is 0.268 e. The number of thiophene rings is 1. The number of nitrogens with one attached hydrogen (secondary N) is 2. The summed E-state index contributed by atoms with van der Waals surface area (Å²) in [6, 6.07) is 8.86. The summed E-state index contributed by atoms with van der Waals surface area (Å²) in [4.78, 5) is 26.6. The van der Waals surface area contributed by atoms with Gasteiger partial charge < -0.3 is 20.1 Å². The molecule has 2 N–H and O–H groups in total. The Labute approximate surface area is 174 Å². The van der Waals surface area contributed by atoms with Crippen molar-refractivity contribution in [2.24, 2.45) is 0 Å². The summed E-state index contributed by atoms with van der Waals surface area (Å²) < 4.78 is 10.5. The molecule has 2 amide bonds. The van der Waals surface area contributed by atoms with E-state index in [0.29, 0.717) is 17.1 Å². The molecule has 1 aliphatic rings. The Balaban J connectivity index is 1.79. The van der Waals surface area contributed by atoms with Gasteiger partial charge in [0.05, 0.1) is 14.2 Å². The Bertz CT molecular complexity index is 871. The first-order valence-electron chi connectivity index (χ1n) is 9.70. The predicted molar refractivity (Wildman–Crippen MR) is 114 cm³/mol. The van der Waals surface area contributed by atoms with Gasteiger partial charge in [0.15, 0.2) is 11.5 Å². The van der Waals surface area contributed by atoms with E-state index < -0.39 is 0 Å². The summed E-state index contributed by atoms with van der Waals surface area (Å²) in [5.74, 6) is 0.343. The zero-order valence-corrected chi connectivity index (χ0v) is 17.5. The van der Waals surface area contributed by atoms with Crippen molar-refractivity contribution in [2.75, 3.05) is 14.2 Å². The number of amides is 2. The van der Waals surface area contributed by atoms with Gasteiger partial charge >= 0.3 is 0 Å². The first-order chi connectivity index (χ1) is 14.1. The van der Waals surface area contributed by atoms with E-state index in [4.69, 9.17) is 9.47 Å². The monoisotopic (exact) mass is 414 g/mol. The zero-order valence-electron chi connectivity index (χ0n) is 16.7. The van der Waals surface area contributed by atoms with Gasteiger partial charge in [-0.1, -0.05) is 25.3 Å². The molecule has 7 heteroatoms. The van der Waals surface area contributed by atoms with Crippen LogP contribution < -0.4 is 20.1 Å². The van der Waals surface area contributed by atoms with Gasteiger partial charge in [-0.3, -0.25) is 9.59 Å². The van der Waals surface area contributed by atoms with Gasteiger partial charge in [-0.05, 0) is 48.6 Å². The van der Waals surface area contributed by atoms with Crippen LogP contribution in [-0.4, -0.2) is 32.1 Å². The van der Waals surface area contributed by atoms with Gasteiger partial charge in [-0.2, -0.15) is 0 Å². The Morgan fingerprint density at radius 1 is 1.07 bits per heavy atom. The highest BCUT2D eigenvalue weighted by Gasteiger charge is 2.21. The lowest BCUT2D eigenvalue weighted by atomic mass is 9.95. The predicted octanol–water partition coefficient (Wildman–Crippen LogP) is 3.99. The van der Waals surface area contributed by atoms with Gasteiger partial charge in [-0.15, -0.1) is 11.3 Å². The second kappa shape index (κ2) is 10.1. The summed E-state index contributed by atoms with van der Waals surface area (Å²) >= 11 is 1.50. The first-order valence-corrected chi connectivity index (χ1v) is 10.6. The summed E-state index contributed by atoms with van der Waals surface area (Å²) in [6.07, 6.45) is 7.10. The van der Waals surface area contributed by atoms with Crippen molar-refractivity contribution < 1.29 is 19.1 Å². The van der Waals surface area contributed by atoms with Crippen molar-refractivity contribution in [1.29, 1.82) is 0 Å². The lowest BCUT2D eigenvalue weighted by Gasteiger charge is -2.23. The van der Waals surface area contributed by atoms with Crippen molar-refractivity contribution in [3.63, 3.8) is 0 Å². The highest BCUT2D eigenvalue weighted by Crippen LogP contribution is 2.27. The molecule has 1 aromatic heterocycles. The number of ether oxygens (including phenoxy) is 2. The van der Waals surface area contributed by atoms with Crippen LogP contribution in [0.5, 0.6) is 11.5 Å². The fourth-order valence-electron chi connectivity index (χ4n) is 3.36. The SMILES string of the molecule is COc1ccc(C(=O)N/C(=C\c2cccs2)C(=O)NC2CCCCC2)cc1OC. The third-order valence-electron chi connectivity index (χ3n) is 4.91. The lowest BCUT2D eigenvalue weighted by Crippen LogP contribution is -2.41.